The molecule has 8 nitrogen and oxygen atoms in total. The topological polar surface area (TPSA) is 105 Å². The third-order valence-corrected chi connectivity index (χ3v) is 6.14. The summed E-state index contributed by atoms with van der Waals surface area (Å²) in [6.45, 7) is 3.42. The first-order chi connectivity index (χ1) is 13.5. The van der Waals surface area contributed by atoms with Crippen LogP contribution in [0.1, 0.15) is 22.6 Å². The summed E-state index contributed by atoms with van der Waals surface area (Å²) < 4.78 is 4.86. The summed E-state index contributed by atoms with van der Waals surface area (Å²) in [5, 5.41) is 11.1. The van der Waals surface area contributed by atoms with E-state index in [4.69, 9.17) is 4.52 Å². The monoisotopic (exact) mass is 422 g/mol. The molecule has 2 aromatic rings. The largest absolute Gasteiger partial charge is 0.360 e. The van der Waals surface area contributed by atoms with Crippen LogP contribution in [0.5, 0.6) is 0 Å². The zero-order valence-electron chi connectivity index (χ0n) is 15.5. The molecule has 0 fully saturated rings. The summed E-state index contributed by atoms with van der Waals surface area (Å²) >= 11 is 2.94. The van der Waals surface area contributed by atoms with Crippen molar-refractivity contribution in [2.24, 2.45) is 0 Å². The molecule has 0 radical (unpaired) electrons. The number of anilines is 1. The van der Waals surface area contributed by atoms with Crippen molar-refractivity contribution in [3.05, 3.63) is 33.7 Å². The highest BCUT2D eigenvalue weighted by Gasteiger charge is 2.21. The van der Waals surface area contributed by atoms with E-state index in [0.29, 0.717) is 24.7 Å². The Hall–Kier alpha value is -2.33. The number of nitrogens with zero attached hydrogens (tertiary/aromatic N) is 2. The van der Waals surface area contributed by atoms with Crippen molar-refractivity contribution in [3.63, 3.8) is 0 Å². The number of nitrogens with one attached hydrogen (secondary N) is 2. The van der Waals surface area contributed by atoms with E-state index in [9.17, 15) is 14.4 Å². The molecule has 10 heteroatoms. The molecule has 0 bridgehead atoms. The van der Waals surface area contributed by atoms with Crippen molar-refractivity contribution in [1.82, 2.24) is 15.4 Å². The molecule has 0 aliphatic carbocycles. The van der Waals surface area contributed by atoms with Gasteiger partial charge in [-0.25, -0.2) is 0 Å². The summed E-state index contributed by atoms with van der Waals surface area (Å²) in [5.41, 5.74) is 1.23. The van der Waals surface area contributed by atoms with E-state index >= 15 is 0 Å². The van der Waals surface area contributed by atoms with Crippen LogP contribution >= 0.6 is 23.1 Å². The molecule has 3 amide bonds. The molecule has 0 saturated carbocycles. The van der Waals surface area contributed by atoms with E-state index in [1.165, 1.54) is 22.2 Å². The molecule has 0 spiro atoms. The molecule has 2 N–H and O–H groups in total. The van der Waals surface area contributed by atoms with Crippen LogP contribution in [0.15, 0.2) is 22.0 Å². The summed E-state index contributed by atoms with van der Waals surface area (Å²) in [5.74, 6) is 0.861. The van der Waals surface area contributed by atoms with Gasteiger partial charge in [0.1, 0.15) is 5.76 Å². The highest BCUT2D eigenvalue weighted by Crippen LogP contribution is 2.24. The van der Waals surface area contributed by atoms with E-state index in [1.807, 2.05) is 4.90 Å². The molecular weight excluding hydrogens is 400 g/mol. The number of amides is 3. The van der Waals surface area contributed by atoms with Crippen LogP contribution in [0.2, 0.25) is 0 Å². The van der Waals surface area contributed by atoms with Gasteiger partial charge in [0.25, 0.3) is 0 Å². The lowest BCUT2D eigenvalue weighted by atomic mass is 10.1. The van der Waals surface area contributed by atoms with Gasteiger partial charge in [0, 0.05) is 37.0 Å². The Labute approximate surface area is 171 Å². The van der Waals surface area contributed by atoms with Gasteiger partial charge >= 0.3 is 0 Å². The Balaban J connectivity index is 1.27. The number of aryl methyl sites for hydroxylation is 1. The number of carbonyl (C=O) groups excluding carboxylic acids is 3. The van der Waals surface area contributed by atoms with E-state index < -0.39 is 0 Å². The van der Waals surface area contributed by atoms with Crippen molar-refractivity contribution in [2.75, 3.05) is 29.9 Å². The van der Waals surface area contributed by atoms with E-state index in [0.717, 1.165) is 13.0 Å². The number of hydrogen-bond donors (Lipinski definition) is 2. The summed E-state index contributed by atoms with van der Waals surface area (Å²) in [6.07, 6.45) is 1.18. The fourth-order valence-corrected chi connectivity index (χ4v) is 4.36. The second-order valence-electron chi connectivity index (χ2n) is 6.40. The number of rotatable bonds is 8. The molecule has 150 valence electrons. The Morgan fingerprint density at radius 2 is 2.14 bits per heavy atom. The van der Waals surface area contributed by atoms with Crippen LogP contribution in [0.4, 0.5) is 5.82 Å². The molecule has 0 aromatic carbocycles. The number of aromatic nitrogens is 1. The molecule has 1 aliphatic rings. The third-order valence-electron chi connectivity index (χ3n) is 4.18. The molecule has 3 rings (SSSR count). The Kier molecular flexibility index (Phi) is 7.10. The van der Waals surface area contributed by atoms with Gasteiger partial charge in [0.2, 0.25) is 17.7 Å². The van der Waals surface area contributed by atoms with Crippen LogP contribution in [0.25, 0.3) is 0 Å². The first-order valence-corrected chi connectivity index (χ1v) is 11.0. The third kappa shape index (κ3) is 5.83. The van der Waals surface area contributed by atoms with E-state index in [2.05, 4.69) is 27.2 Å². The molecule has 2 aromatic heterocycles. The molecular formula is C18H22N4O4S2. The van der Waals surface area contributed by atoms with Gasteiger partial charge in [-0.2, -0.15) is 0 Å². The highest BCUT2D eigenvalue weighted by molar-refractivity contribution is 8.00. The summed E-state index contributed by atoms with van der Waals surface area (Å²) in [7, 11) is 0. The van der Waals surface area contributed by atoms with Crippen molar-refractivity contribution >= 4 is 46.6 Å². The molecule has 0 atom stereocenters. The number of thioether (sulfide) groups is 1. The number of carbonyl (C=O) groups is 3. The number of fused-ring (bicyclic) bond motifs is 1. The lowest BCUT2D eigenvalue weighted by Gasteiger charge is -2.27. The van der Waals surface area contributed by atoms with Gasteiger partial charge in [-0.1, -0.05) is 5.16 Å². The van der Waals surface area contributed by atoms with Crippen molar-refractivity contribution in [2.45, 2.75) is 26.3 Å². The van der Waals surface area contributed by atoms with Gasteiger partial charge in [-0.3, -0.25) is 14.4 Å². The SMILES string of the molecule is Cc1cc(NC(=O)CSCC(=O)NCCC(=O)N2CCc3sccc3C2)no1. The smallest absolute Gasteiger partial charge is 0.235 e. The molecule has 1 aliphatic heterocycles. The number of thiophene rings is 1. The first-order valence-electron chi connectivity index (χ1n) is 8.92. The number of hydrogen-bond acceptors (Lipinski definition) is 7. The summed E-state index contributed by atoms with van der Waals surface area (Å²) in [4.78, 5) is 39.1. The standard InChI is InChI=1S/C18H22N4O4S2/c1-12-8-15(21-26-12)20-17(24)11-27-10-16(23)19-5-2-18(25)22-6-3-14-13(9-22)4-7-28-14/h4,7-8H,2-3,5-6,9-11H2,1H3,(H,19,23)(H,20,21,24). The van der Waals surface area contributed by atoms with Crippen molar-refractivity contribution in [1.29, 1.82) is 0 Å². The highest BCUT2D eigenvalue weighted by atomic mass is 32.2. The van der Waals surface area contributed by atoms with E-state index in [-0.39, 0.29) is 35.6 Å². The van der Waals surface area contributed by atoms with Gasteiger partial charge in [0.05, 0.1) is 11.5 Å². The second-order valence-corrected chi connectivity index (χ2v) is 8.38. The summed E-state index contributed by atoms with van der Waals surface area (Å²) in [6, 6.07) is 3.69. The maximum Gasteiger partial charge on any atom is 0.235 e. The maximum absolute atomic E-state index is 12.3. The van der Waals surface area contributed by atoms with Gasteiger partial charge < -0.3 is 20.1 Å². The van der Waals surface area contributed by atoms with Gasteiger partial charge in [0.15, 0.2) is 5.82 Å². The van der Waals surface area contributed by atoms with E-state index in [1.54, 1.807) is 24.3 Å². The second kappa shape index (κ2) is 9.74. The lowest BCUT2D eigenvalue weighted by Crippen LogP contribution is -2.37. The fraction of sp³-hybridized carbons (Fsp3) is 0.444. The maximum atomic E-state index is 12.3. The quantitative estimate of drug-likeness (QED) is 0.672. The molecule has 0 unspecified atom stereocenters. The Morgan fingerprint density at radius 1 is 1.32 bits per heavy atom. The zero-order valence-corrected chi connectivity index (χ0v) is 17.2. The van der Waals surface area contributed by atoms with Crippen LogP contribution in [0.3, 0.4) is 0 Å². The Bertz CT molecular complexity index is 848. The van der Waals surface area contributed by atoms with Crippen LogP contribution in [-0.2, 0) is 27.3 Å². The van der Waals surface area contributed by atoms with Crippen molar-refractivity contribution < 1.29 is 18.9 Å². The molecule has 0 saturated heterocycles. The van der Waals surface area contributed by atoms with Crippen LogP contribution in [0, 0.1) is 6.92 Å². The minimum absolute atomic E-state index is 0.0482. The van der Waals surface area contributed by atoms with Gasteiger partial charge in [-0.15, -0.1) is 23.1 Å². The average Bonchev–Trinajstić information content (AvgIpc) is 3.29. The minimum atomic E-state index is -0.251. The minimum Gasteiger partial charge on any atom is -0.360 e. The van der Waals surface area contributed by atoms with Crippen molar-refractivity contribution in [3.8, 4) is 0 Å². The predicted octanol–water partition coefficient (Wildman–Crippen LogP) is 1.81. The van der Waals surface area contributed by atoms with Gasteiger partial charge in [-0.05, 0) is 30.4 Å². The average molecular weight is 423 g/mol. The first kappa shape index (κ1) is 20.4. The zero-order chi connectivity index (χ0) is 19.9. The van der Waals surface area contributed by atoms with Crippen LogP contribution < -0.4 is 10.6 Å². The lowest BCUT2D eigenvalue weighted by molar-refractivity contribution is -0.132. The van der Waals surface area contributed by atoms with Crippen LogP contribution in [-0.4, -0.2) is 52.4 Å². The molecule has 3 heterocycles. The Morgan fingerprint density at radius 3 is 2.93 bits per heavy atom. The fourth-order valence-electron chi connectivity index (χ4n) is 2.82. The predicted molar refractivity (Wildman–Crippen MR) is 108 cm³/mol. The normalized spacial score (nSPS) is 13.1. The molecule has 28 heavy (non-hydrogen) atoms.